The van der Waals surface area contributed by atoms with Crippen molar-refractivity contribution >= 4 is 5.96 Å². The molecule has 7 heteroatoms. The Morgan fingerprint density at radius 2 is 2.04 bits per heavy atom. The van der Waals surface area contributed by atoms with Crippen LogP contribution in [0.5, 0.6) is 5.88 Å². The maximum atomic E-state index is 5.59. The molecular formula is C21H34N6O. The lowest BCUT2D eigenvalue weighted by Gasteiger charge is -2.22. The molecule has 2 aromatic rings. The van der Waals surface area contributed by atoms with Gasteiger partial charge in [-0.05, 0) is 32.3 Å². The average Bonchev–Trinajstić information content (AvgIpc) is 2.99. The second-order valence-electron chi connectivity index (χ2n) is 7.57. The maximum absolute atomic E-state index is 5.59. The predicted octanol–water partition coefficient (Wildman–Crippen LogP) is 3.32. The van der Waals surface area contributed by atoms with E-state index in [0.29, 0.717) is 18.3 Å². The first-order valence-corrected chi connectivity index (χ1v) is 9.93. The van der Waals surface area contributed by atoms with E-state index in [4.69, 9.17) is 9.73 Å². The van der Waals surface area contributed by atoms with E-state index >= 15 is 0 Å². The van der Waals surface area contributed by atoms with Crippen LogP contribution >= 0.6 is 0 Å². The molecule has 0 amide bonds. The number of ether oxygens (including phenoxy) is 1. The fourth-order valence-corrected chi connectivity index (χ4v) is 2.94. The van der Waals surface area contributed by atoms with Gasteiger partial charge in [0.2, 0.25) is 5.88 Å². The molecule has 7 nitrogen and oxygen atoms in total. The van der Waals surface area contributed by atoms with E-state index in [9.17, 15) is 0 Å². The molecule has 2 rings (SSSR count). The van der Waals surface area contributed by atoms with Crippen molar-refractivity contribution < 1.29 is 4.74 Å². The zero-order valence-corrected chi connectivity index (χ0v) is 18.2. The van der Waals surface area contributed by atoms with Crippen LogP contribution in [0.3, 0.4) is 0 Å². The summed E-state index contributed by atoms with van der Waals surface area (Å²) >= 11 is 0. The summed E-state index contributed by atoms with van der Waals surface area (Å²) in [5.41, 5.74) is 3.40. The van der Waals surface area contributed by atoms with E-state index in [1.807, 2.05) is 43.9 Å². The van der Waals surface area contributed by atoms with Gasteiger partial charge < -0.3 is 15.0 Å². The van der Waals surface area contributed by atoms with Crippen LogP contribution in [0.25, 0.3) is 0 Å². The highest BCUT2D eigenvalue weighted by Crippen LogP contribution is 2.18. The number of nitrogens with one attached hydrogen (secondary N) is 1. The molecule has 2 heterocycles. The van der Waals surface area contributed by atoms with Crippen molar-refractivity contribution in [3.8, 4) is 5.88 Å². The molecule has 2 aromatic heterocycles. The van der Waals surface area contributed by atoms with Crippen molar-refractivity contribution in [3.63, 3.8) is 0 Å². The van der Waals surface area contributed by atoms with E-state index in [2.05, 4.69) is 54.3 Å². The molecule has 0 saturated carbocycles. The van der Waals surface area contributed by atoms with Gasteiger partial charge in [-0.1, -0.05) is 19.9 Å². The molecule has 0 atom stereocenters. The molecule has 0 saturated heterocycles. The summed E-state index contributed by atoms with van der Waals surface area (Å²) < 4.78 is 7.48. The smallest absolute Gasteiger partial charge is 0.213 e. The maximum Gasteiger partial charge on any atom is 0.213 e. The van der Waals surface area contributed by atoms with Crippen LogP contribution in [0.2, 0.25) is 0 Å². The fourth-order valence-electron chi connectivity index (χ4n) is 2.94. The molecule has 0 aromatic carbocycles. The largest absolute Gasteiger partial charge is 0.475 e. The highest BCUT2D eigenvalue weighted by atomic mass is 16.5. The summed E-state index contributed by atoms with van der Waals surface area (Å²) in [7, 11) is 4.02. The molecule has 0 radical (unpaired) electrons. The van der Waals surface area contributed by atoms with Gasteiger partial charge in [-0.2, -0.15) is 5.10 Å². The van der Waals surface area contributed by atoms with Gasteiger partial charge in [0.05, 0.1) is 18.3 Å². The van der Waals surface area contributed by atoms with Crippen LogP contribution in [-0.2, 0) is 20.1 Å². The third kappa shape index (κ3) is 6.25. The monoisotopic (exact) mass is 386 g/mol. The van der Waals surface area contributed by atoms with Gasteiger partial charge in [0.25, 0.3) is 0 Å². The third-order valence-corrected chi connectivity index (χ3v) is 4.15. The van der Waals surface area contributed by atoms with Crippen LogP contribution in [0, 0.1) is 0 Å². The zero-order valence-electron chi connectivity index (χ0n) is 18.2. The Balaban J connectivity index is 2.08. The van der Waals surface area contributed by atoms with Crippen molar-refractivity contribution in [3.05, 3.63) is 41.3 Å². The number of nitrogens with zero attached hydrogens (tertiary/aromatic N) is 5. The topological polar surface area (TPSA) is 67.6 Å². The van der Waals surface area contributed by atoms with Crippen LogP contribution in [-0.4, -0.2) is 45.3 Å². The van der Waals surface area contributed by atoms with E-state index in [1.54, 1.807) is 0 Å². The Morgan fingerprint density at radius 3 is 2.61 bits per heavy atom. The number of hydrogen-bond donors (Lipinski definition) is 1. The summed E-state index contributed by atoms with van der Waals surface area (Å²) in [6.45, 7) is 12.5. The molecule has 0 aliphatic rings. The first-order chi connectivity index (χ1) is 13.3. The second-order valence-corrected chi connectivity index (χ2v) is 7.57. The van der Waals surface area contributed by atoms with Gasteiger partial charge in [0, 0.05) is 51.2 Å². The van der Waals surface area contributed by atoms with Crippen LogP contribution in [0.1, 0.15) is 57.4 Å². The highest BCUT2D eigenvalue weighted by molar-refractivity contribution is 5.79. The van der Waals surface area contributed by atoms with Gasteiger partial charge in [0.1, 0.15) is 0 Å². The van der Waals surface area contributed by atoms with Crippen LogP contribution in [0.15, 0.2) is 29.5 Å². The quantitative estimate of drug-likeness (QED) is 0.557. The molecule has 0 fully saturated rings. The normalized spacial score (nSPS) is 12.0. The molecule has 28 heavy (non-hydrogen) atoms. The molecule has 0 unspecified atom stereocenters. The molecule has 0 aliphatic carbocycles. The van der Waals surface area contributed by atoms with E-state index in [1.165, 1.54) is 5.56 Å². The number of rotatable bonds is 8. The Labute approximate surface area is 168 Å². The number of pyridine rings is 1. The van der Waals surface area contributed by atoms with Crippen molar-refractivity contribution in [2.75, 3.05) is 13.6 Å². The number of aromatic nitrogens is 3. The van der Waals surface area contributed by atoms with Crippen molar-refractivity contribution in [2.24, 2.45) is 12.0 Å². The lowest BCUT2D eigenvalue weighted by atomic mass is 10.1. The highest BCUT2D eigenvalue weighted by Gasteiger charge is 2.15. The number of hydrogen-bond acceptors (Lipinski definition) is 4. The lowest BCUT2D eigenvalue weighted by molar-refractivity contribution is 0.232. The summed E-state index contributed by atoms with van der Waals surface area (Å²) in [6.07, 6.45) is 4.03. The minimum atomic E-state index is 0.119. The van der Waals surface area contributed by atoms with E-state index in [0.717, 1.165) is 30.3 Å². The summed E-state index contributed by atoms with van der Waals surface area (Å²) in [5.74, 6) is 1.90. The number of aryl methyl sites for hydroxylation is 1. The first kappa shape index (κ1) is 21.7. The Kier molecular flexibility index (Phi) is 7.84. The number of aliphatic imine (C=N–C) groups is 1. The molecule has 0 spiro atoms. The van der Waals surface area contributed by atoms with Gasteiger partial charge in [-0.25, -0.2) is 9.98 Å². The Hall–Kier alpha value is -2.57. The van der Waals surface area contributed by atoms with E-state index in [-0.39, 0.29) is 6.10 Å². The Morgan fingerprint density at radius 1 is 1.29 bits per heavy atom. The minimum Gasteiger partial charge on any atom is -0.475 e. The molecule has 1 N–H and O–H groups in total. The average molecular weight is 387 g/mol. The second kappa shape index (κ2) is 10.1. The predicted molar refractivity (Wildman–Crippen MR) is 114 cm³/mol. The first-order valence-electron chi connectivity index (χ1n) is 9.93. The van der Waals surface area contributed by atoms with Crippen molar-refractivity contribution in [1.82, 2.24) is 25.0 Å². The minimum absolute atomic E-state index is 0.119. The Bertz CT molecular complexity index is 764. The molecule has 154 valence electrons. The third-order valence-electron chi connectivity index (χ3n) is 4.15. The van der Waals surface area contributed by atoms with Crippen molar-refractivity contribution in [2.45, 2.75) is 59.7 Å². The summed E-state index contributed by atoms with van der Waals surface area (Å²) in [5, 5.41) is 7.97. The SMILES string of the molecule is CCNC(=NCc1ccc(OC(C)C)nc1)N(C)Cc1cn(C)nc1C(C)C. The van der Waals surface area contributed by atoms with Gasteiger partial charge in [0.15, 0.2) is 5.96 Å². The summed E-state index contributed by atoms with van der Waals surface area (Å²) in [4.78, 5) is 11.3. The number of guanidine groups is 1. The van der Waals surface area contributed by atoms with Gasteiger partial charge >= 0.3 is 0 Å². The van der Waals surface area contributed by atoms with Gasteiger partial charge in [-0.15, -0.1) is 0 Å². The molecule has 0 bridgehead atoms. The summed E-state index contributed by atoms with van der Waals surface area (Å²) in [6, 6.07) is 3.90. The lowest BCUT2D eigenvalue weighted by Crippen LogP contribution is -2.38. The zero-order chi connectivity index (χ0) is 20.7. The van der Waals surface area contributed by atoms with Gasteiger partial charge in [-0.3, -0.25) is 4.68 Å². The van der Waals surface area contributed by atoms with E-state index < -0.39 is 0 Å². The molecular weight excluding hydrogens is 352 g/mol. The van der Waals surface area contributed by atoms with Crippen LogP contribution < -0.4 is 10.1 Å². The van der Waals surface area contributed by atoms with Crippen LogP contribution in [0.4, 0.5) is 0 Å². The standard InChI is InChI=1S/C21H34N6O/c1-8-22-21(24-12-17-9-10-19(23-11-17)28-16(4)5)26(6)13-18-14-27(7)25-20(18)15(2)3/h9-11,14-16H,8,12-13H2,1-7H3,(H,22,24). The fraction of sp³-hybridized carbons (Fsp3) is 0.571. The van der Waals surface area contributed by atoms with Crippen molar-refractivity contribution in [1.29, 1.82) is 0 Å². The molecule has 0 aliphatic heterocycles.